The SMILES string of the molecule is O=C(N/N=C/c1cc(Cl)cc(Cl)c1O)C(=O)NC1CC1. The van der Waals surface area contributed by atoms with E-state index in [0.29, 0.717) is 5.02 Å². The molecule has 0 heterocycles. The molecule has 0 bridgehead atoms. The van der Waals surface area contributed by atoms with Crippen molar-refractivity contribution in [3.8, 4) is 5.75 Å². The summed E-state index contributed by atoms with van der Waals surface area (Å²) in [5.74, 6) is -1.82. The highest BCUT2D eigenvalue weighted by Gasteiger charge is 2.26. The maximum atomic E-state index is 11.4. The zero-order valence-electron chi connectivity index (χ0n) is 10.2. The third-order valence-electron chi connectivity index (χ3n) is 2.55. The number of carbonyl (C=O) groups excluding carboxylic acids is 2. The monoisotopic (exact) mass is 315 g/mol. The van der Waals surface area contributed by atoms with E-state index in [1.807, 2.05) is 0 Å². The molecule has 1 fully saturated rings. The van der Waals surface area contributed by atoms with Crippen LogP contribution in [0, 0.1) is 0 Å². The Bertz CT molecular complexity index is 586. The first-order chi connectivity index (χ1) is 9.47. The standard InChI is InChI=1S/C12H11Cl2N3O3/c13-7-3-6(10(18)9(14)4-7)5-15-17-12(20)11(19)16-8-1-2-8/h3-5,8,18H,1-2H2,(H,16,19)(H,17,20)/b15-5+. The van der Waals surface area contributed by atoms with Gasteiger partial charge in [0.05, 0.1) is 11.2 Å². The quantitative estimate of drug-likeness (QED) is 0.447. The van der Waals surface area contributed by atoms with Crippen LogP contribution in [0.1, 0.15) is 18.4 Å². The number of hydrogen-bond acceptors (Lipinski definition) is 4. The van der Waals surface area contributed by atoms with Gasteiger partial charge in [-0.25, -0.2) is 5.43 Å². The molecule has 1 aliphatic carbocycles. The second-order valence-corrected chi connectivity index (χ2v) is 5.12. The van der Waals surface area contributed by atoms with Crippen molar-refractivity contribution in [2.24, 2.45) is 5.10 Å². The highest BCUT2D eigenvalue weighted by Crippen LogP contribution is 2.29. The molecule has 8 heteroatoms. The van der Waals surface area contributed by atoms with E-state index in [4.69, 9.17) is 23.2 Å². The molecule has 20 heavy (non-hydrogen) atoms. The van der Waals surface area contributed by atoms with Crippen molar-refractivity contribution < 1.29 is 14.7 Å². The predicted molar refractivity (Wildman–Crippen MR) is 75.0 cm³/mol. The van der Waals surface area contributed by atoms with Crippen LogP contribution < -0.4 is 10.7 Å². The van der Waals surface area contributed by atoms with Crippen molar-refractivity contribution in [2.75, 3.05) is 0 Å². The van der Waals surface area contributed by atoms with Gasteiger partial charge in [0.2, 0.25) is 0 Å². The third kappa shape index (κ3) is 3.85. The lowest BCUT2D eigenvalue weighted by molar-refractivity contribution is -0.139. The summed E-state index contributed by atoms with van der Waals surface area (Å²) in [5.41, 5.74) is 2.28. The summed E-state index contributed by atoms with van der Waals surface area (Å²) in [4.78, 5) is 22.7. The third-order valence-corrected chi connectivity index (χ3v) is 3.05. The van der Waals surface area contributed by atoms with Gasteiger partial charge in [-0.2, -0.15) is 5.10 Å². The summed E-state index contributed by atoms with van der Waals surface area (Å²) < 4.78 is 0. The van der Waals surface area contributed by atoms with E-state index in [-0.39, 0.29) is 22.4 Å². The number of carbonyl (C=O) groups is 2. The fourth-order valence-corrected chi connectivity index (χ4v) is 1.88. The Balaban J connectivity index is 1.95. The Hall–Kier alpha value is -1.79. The molecule has 3 N–H and O–H groups in total. The lowest BCUT2D eigenvalue weighted by Crippen LogP contribution is -2.38. The first-order valence-corrected chi connectivity index (χ1v) is 6.55. The molecular formula is C12H11Cl2N3O3. The van der Waals surface area contributed by atoms with Gasteiger partial charge >= 0.3 is 11.8 Å². The van der Waals surface area contributed by atoms with Crippen molar-refractivity contribution in [2.45, 2.75) is 18.9 Å². The molecule has 0 aliphatic heterocycles. The molecule has 1 aliphatic rings. The molecule has 0 radical (unpaired) electrons. The number of phenols is 1. The summed E-state index contributed by atoms with van der Waals surface area (Å²) in [6, 6.07) is 2.88. The Morgan fingerprint density at radius 2 is 2.00 bits per heavy atom. The van der Waals surface area contributed by atoms with Crippen LogP contribution in [0.15, 0.2) is 17.2 Å². The van der Waals surface area contributed by atoms with E-state index in [1.54, 1.807) is 0 Å². The molecule has 106 valence electrons. The number of halogens is 2. The molecule has 0 aromatic heterocycles. The number of nitrogens with zero attached hydrogens (tertiary/aromatic N) is 1. The number of rotatable bonds is 3. The second kappa shape index (κ2) is 6.11. The lowest BCUT2D eigenvalue weighted by Gasteiger charge is -2.03. The number of amides is 2. The average molecular weight is 316 g/mol. The van der Waals surface area contributed by atoms with Crippen LogP contribution in [0.25, 0.3) is 0 Å². The highest BCUT2D eigenvalue weighted by atomic mass is 35.5. The molecule has 1 saturated carbocycles. The van der Waals surface area contributed by atoms with Gasteiger partial charge in [-0.1, -0.05) is 23.2 Å². The smallest absolute Gasteiger partial charge is 0.329 e. The Kier molecular flexibility index (Phi) is 4.46. The molecule has 2 rings (SSSR count). The van der Waals surface area contributed by atoms with Gasteiger partial charge < -0.3 is 10.4 Å². The molecule has 1 aromatic carbocycles. The van der Waals surface area contributed by atoms with Crippen LogP contribution in [-0.2, 0) is 9.59 Å². The topological polar surface area (TPSA) is 90.8 Å². The molecule has 6 nitrogen and oxygen atoms in total. The van der Waals surface area contributed by atoms with E-state index in [2.05, 4.69) is 15.8 Å². The maximum Gasteiger partial charge on any atom is 0.329 e. The Labute approximate surface area is 124 Å². The molecule has 0 atom stereocenters. The first kappa shape index (κ1) is 14.6. The van der Waals surface area contributed by atoms with Crippen molar-refractivity contribution in [1.82, 2.24) is 10.7 Å². The number of hydrogen-bond donors (Lipinski definition) is 3. The number of aromatic hydroxyl groups is 1. The largest absolute Gasteiger partial charge is 0.506 e. The number of benzene rings is 1. The Morgan fingerprint density at radius 1 is 1.30 bits per heavy atom. The molecule has 0 spiro atoms. The Morgan fingerprint density at radius 3 is 2.65 bits per heavy atom. The minimum absolute atomic E-state index is 0.0664. The van der Waals surface area contributed by atoms with Crippen molar-refractivity contribution >= 4 is 41.2 Å². The fourth-order valence-electron chi connectivity index (χ4n) is 1.37. The van der Waals surface area contributed by atoms with E-state index in [0.717, 1.165) is 19.1 Å². The van der Waals surface area contributed by atoms with Crippen LogP contribution in [-0.4, -0.2) is 29.2 Å². The van der Waals surface area contributed by atoms with E-state index in [9.17, 15) is 14.7 Å². The summed E-state index contributed by atoms with van der Waals surface area (Å²) in [5, 5.41) is 16.1. The number of hydrazone groups is 1. The summed E-state index contributed by atoms with van der Waals surface area (Å²) in [6.07, 6.45) is 2.92. The van der Waals surface area contributed by atoms with Crippen LogP contribution in [0.3, 0.4) is 0 Å². The van der Waals surface area contributed by atoms with Crippen molar-refractivity contribution in [1.29, 1.82) is 0 Å². The van der Waals surface area contributed by atoms with E-state index >= 15 is 0 Å². The maximum absolute atomic E-state index is 11.4. The zero-order chi connectivity index (χ0) is 14.7. The minimum atomic E-state index is -0.874. The minimum Gasteiger partial charge on any atom is -0.506 e. The predicted octanol–water partition coefficient (Wildman–Crippen LogP) is 1.43. The summed E-state index contributed by atoms with van der Waals surface area (Å²) in [6.45, 7) is 0. The molecule has 0 unspecified atom stereocenters. The van der Waals surface area contributed by atoms with Gasteiger partial charge in [0.15, 0.2) is 0 Å². The van der Waals surface area contributed by atoms with Crippen LogP contribution in [0.5, 0.6) is 5.75 Å². The normalized spacial score (nSPS) is 14.3. The summed E-state index contributed by atoms with van der Waals surface area (Å²) >= 11 is 11.5. The van der Waals surface area contributed by atoms with E-state index < -0.39 is 11.8 Å². The van der Waals surface area contributed by atoms with Crippen LogP contribution >= 0.6 is 23.2 Å². The molecule has 1 aromatic rings. The van der Waals surface area contributed by atoms with Gasteiger partial charge in [-0.15, -0.1) is 0 Å². The number of phenolic OH excluding ortho intramolecular Hbond substituents is 1. The highest BCUT2D eigenvalue weighted by molar-refractivity contribution is 6.36. The molecular weight excluding hydrogens is 305 g/mol. The average Bonchev–Trinajstić information content (AvgIpc) is 3.18. The van der Waals surface area contributed by atoms with E-state index in [1.165, 1.54) is 12.1 Å². The zero-order valence-corrected chi connectivity index (χ0v) is 11.7. The van der Waals surface area contributed by atoms with Crippen molar-refractivity contribution in [3.63, 3.8) is 0 Å². The number of nitrogens with one attached hydrogen (secondary N) is 2. The first-order valence-electron chi connectivity index (χ1n) is 5.79. The van der Waals surface area contributed by atoms with Gasteiger partial charge in [0, 0.05) is 16.6 Å². The molecule has 2 amide bonds. The van der Waals surface area contributed by atoms with Gasteiger partial charge in [-0.3, -0.25) is 9.59 Å². The van der Waals surface area contributed by atoms with Crippen LogP contribution in [0.4, 0.5) is 0 Å². The van der Waals surface area contributed by atoms with Crippen molar-refractivity contribution in [3.05, 3.63) is 27.7 Å². The van der Waals surface area contributed by atoms with Gasteiger partial charge in [0.1, 0.15) is 5.75 Å². The second-order valence-electron chi connectivity index (χ2n) is 4.27. The van der Waals surface area contributed by atoms with Crippen LogP contribution in [0.2, 0.25) is 10.0 Å². The molecule has 0 saturated heterocycles. The lowest BCUT2D eigenvalue weighted by atomic mass is 10.2. The van der Waals surface area contributed by atoms with Gasteiger partial charge in [0.25, 0.3) is 0 Å². The fraction of sp³-hybridized carbons (Fsp3) is 0.250. The van der Waals surface area contributed by atoms with Gasteiger partial charge in [-0.05, 0) is 25.0 Å². The summed E-state index contributed by atoms with van der Waals surface area (Å²) in [7, 11) is 0.